The Hall–Kier alpha value is -2.37. The van der Waals surface area contributed by atoms with Crippen molar-refractivity contribution in [2.45, 2.75) is 32.0 Å². The normalized spacial score (nSPS) is 21.8. The number of nitrogens with zero attached hydrogens (tertiary/aromatic N) is 3. The van der Waals surface area contributed by atoms with E-state index in [9.17, 15) is 4.79 Å². The highest BCUT2D eigenvalue weighted by Crippen LogP contribution is 2.18. The van der Waals surface area contributed by atoms with Crippen LogP contribution >= 0.6 is 0 Å². The Bertz CT molecular complexity index is 596. The second-order valence-electron chi connectivity index (χ2n) is 4.90. The van der Waals surface area contributed by atoms with Crippen molar-refractivity contribution in [1.82, 2.24) is 14.8 Å². The zero-order chi connectivity index (χ0) is 13.9. The van der Waals surface area contributed by atoms with Crippen LogP contribution in [-0.4, -0.2) is 32.9 Å². The molecule has 2 atom stereocenters. The standard InChI is InChI=1S/C14H16N4O2/c1-10-8-12(14(19)20-10)16-13-5-7-18(17-13)9-11-4-2-3-6-15-11/h2-7,10,12H,8-9H2,1H3,(H,16,17)/t10-,12+/m0/s1. The minimum absolute atomic E-state index is 0.0318. The minimum atomic E-state index is -0.303. The van der Waals surface area contributed by atoms with E-state index in [4.69, 9.17) is 4.74 Å². The zero-order valence-electron chi connectivity index (χ0n) is 11.2. The van der Waals surface area contributed by atoms with E-state index in [0.29, 0.717) is 18.8 Å². The Labute approximate surface area is 116 Å². The average molecular weight is 272 g/mol. The predicted molar refractivity (Wildman–Crippen MR) is 73.1 cm³/mol. The van der Waals surface area contributed by atoms with Gasteiger partial charge < -0.3 is 10.1 Å². The molecule has 0 spiro atoms. The lowest BCUT2D eigenvalue weighted by molar-refractivity contribution is -0.141. The molecule has 1 aliphatic heterocycles. The highest BCUT2D eigenvalue weighted by atomic mass is 16.6. The quantitative estimate of drug-likeness (QED) is 0.853. The van der Waals surface area contributed by atoms with E-state index in [-0.39, 0.29) is 18.1 Å². The van der Waals surface area contributed by atoms with Crippen LogP contribution in [0.4, 0.5) is 5.82 Å². The molecule has 20 heavy (non-hydrogen) atoms. The summed E-state index contributed by atoms with van der Waals surface area (Å²) in [6.45, 7) is 2.49. The second-order valence-corrected chi connectivity index (χ2v) is 4.90. The van der Waals surface area contributed by atoms with Gasteiger partial charge in [-0.2, -0.15) is 5.10 Å². The van der Waals surface area contributed by atoms with Crippen molar-refractivity contribution < 1.29 is 9.53 Å². The SMILES string of the molecule is C[C@H]1C[C@@H](Nc2ccn(Cc3ccccn3)n2)C(=O)O1. The molecule has 1 aliphatic rings. The third-order valence-electron chi connectivity index (χ3n) is 3.18. The summed E-state index contributed by atoms with van der Waals surface area (Å²) in [4.78, 5) is 15.8. The topological polar surface area (TPSA) is 69.0 Å². The molecule has 1 fully saturated rings. The number of anilines is 1. The second kappa shape index (κ2) is 5.32. The first-order chi connectivity index (χ1) is 9.70. The van der Waals surface area contributed by atoms with Gasteiger partial charge in [0.15, 0.2) is 0 Å². The third kappa shape index (κ3) is 2.79. The largest absolute Gasteiger partial charge is 0.461 e. The highest BCUT2D eigenvalue weighted by molar-refractivity contribution is 5.80. The van der Waals surface area contributed by atoms with Crippen molar-refractivity contribution in [1.29, 1.82) is 0 Å². The maximum absolute atomic E-state index is 11.6. The van der Waals surface area contributed by atoms with Crippen LogP contribution in [0.5, 0.6) is 0 Å². The zero-order valence-corrected chi connectivity index (χ0v) is 11.2. The number of cyclic esters (lactones) is 1. The van der Waals surface area contributed by atoms with Crippen molar-refractivity contribution >= 4 is 11.8 Å². The number of rotatable bonds is 4. The van der Waals surface area contributed by atoms with Crippen molar-refractivity contribution in [3.05, 3.63) is 42.4 Å². The monoisotopic (exact) mass is 272 g/mol. The fraction of sp³-hybridized carbons (Fsp3) is 0.357. The fourth-order valence-corrected chi connectivity index (χ4v) is 2.24. The molecule has 2 aromatic rings. The molecule has 0 radical (unpaired) electrons. The van der Waals surface area contributed by atoms with Gasteiger partial charge in [0.2, 0.25) is 0 Å². The summed E-state index contributed by atoms with van der Waals surface area (Å²) in [5, 5.41) is 7.49. The first-order valence-corrected chi connectivity index (χ1v) is 6.61. The van der Waals surface area contributed by atoms with Gasteiger partial charge in [0.05, 0.1) is 12.2 Å². The smallest absolute Gasteiger partial charge is 0.329 e. The number of esters is 1. The van der Waals surface area contributed by atoms with E-state index in [2.05, 4.69) is 15.4 Å². The van der Waals surface area contributed by atoms with Crippen molar-refractivity contribution in [2.24, 2.45) is 0 Å². The number of aromatic nitrogens is 3. The van der Waals surface area contributed by atoms with Crippen LogP contribution in [-0.2, 0) is 16.1 Å². The number of ether oxygens (including phenoxy) is 1. The molecule has 0 amide bonds. The molecule has 6 nitrogen and oxygen atoms in total. The third-order valence-corrected chi connectivity index (χ3v) is 3.18. The van der Waals surface area contributed by atoms with Crippen LogP contribution in [0, 0.1) is 0 Å². The van der Waals surface area contributed by atoms with E-state index >= 15 is 0 Å². The lowest BCUT2D eigenvalue weighted by Crippen LogP contribution is -2.24. The lowest BCUT2D eigenvalue weighted by atomic mass is 10.2. The maximum atomic E-state index is 11.6. The summed E-state index contributed by atoms with van der Waals surface area (Å²) >= 11 is 0. The fourth-order valence-electron chi connectivity index (χ4n) is 2.24. The van der Waals surface area contributed by atoms with E-state index in [0.717, 1.165) is 5.69 Å². The number of hydrogen-bond donors (Lipinski definition) is 1. The first kappa shape index (κ1) is 12.7. The molecule has 6 heteroatoms. The molecule has 0 saturated carbocycles. The van der Waals surface area contributed by atoms with Gasteiger partial charge in [0.1, 0.15) is 18.0 Å². The van der Waals surface area contributed by atoms with Gasteiger partial charge in [-0.1, -0.05) is 6.07 Å². The maximum Gasteiger partial charge on any atom is 0.329 e. The molecule has 104 valence electrons. The summed E-state index contributed by atoms with van der Waals surface area (Å²) in [6, 6.07) is 7.32. The van der Waals surface area contributed by atoms with Gasteiger partial charge in [-0.05, 0) is 19.1 Å². The van der Waals surface area contributed by atoms with Gasteiger partial charge in [0, 0.05) is 24.9 Å². The molecular weight excluding hydrogens is 256 g/mol. The molecule has 3 rings (SSSR count). The Morgan fingerprint density at radius 3 is 3.05 bits per heavy atom. The van der Waals surface area contributed by atoms with Gasteiger partial charge >= 0.3 is 5.97 Å². The highest BCUT2D eigenvalue weighted by Gasteiger charge is 2.32. The van der Waals surface area contributed by atoms with Crippen LogP contribution < -0.4 is 5.32 Å². The summed E-state index contributed by atoms with van der Waals surface area (Å²) in [5.74, 6) is 0.466. The number of pyridine rings is 1. The molecule has 0 unspecified atom stereocenters. The first-order valence-electron chi connectivity index (χ1n) is 6.61. The van der Waals surface area contributed by atoms with Crippen LogP contribution in [0.1, 0.15) is 19.0 Å². The number of hydrogen-bond acceptors (Lipinski definition) is 5. The van der Waals surface area contributed by atoms with Gasteiger partial charge in [-0.3, -0.25) is 9.67 Å². The van der Waals surface area contributed by atoms with Crippen molar-refractivity contribution in [3.8, 4) is 0 Å². The average Bonchev–Trinajstić information content (AvgIpc) is 2.98. The molecule has 0 bridgehead atoms. The summed E-state index contributed by atoms with van der Waals surface area (Å²) in [7, 11) is 0. The van der Waals surface area contributed by atoms with Gasteiger partial charge in [-0.25, -0.2) is 4.79 Å². The lowest BCUT2D eigenvalue weighted by Gasteiger charge is -2.06. The number of carbonyl (C=O) groups is 1. The van der Waals surface area contributed by atoms with Crippen molar-refractivity contribution in [3.63, 3.8) is 0 Å². The molecule has 3 heterocycles. The van der Waals surface area contributed by atoms with Gasteiger partial charge in [0.25, 0.3) is 0 Å². The summed E-state index contributed by atoms with van der Waals surface area (Å²) < 4.78 is 6.89. The van der Waals surface area contributed by atoms with Crippen molar-refractivity contribution in [2.75, 3.05) is 5.32 Å². The number of nitrogens with one attached hydrogen (secondary N) is 1. The van der Waals surface area contributed by atoms with Crippen LogP contribution in [0.3, 0.4) is 0 Å². The molecule has 0 aliphatic carbocycles. The molecule has 0 aromatic carbocycles. The molecule has 1 N–H and O–H groups in total. The molecule has 1 saturated heterocycles. The van der Waals surface area contributed by atoms with E-state index in [1.165, 1.54) is 0 Å². The Morgan fingerprint density at radius 1 is 1.45 bits per heavy atom. The van der Waals surface area contributed by atoms with Crippen LogP contribution in [0.2, 0.25) is 0 Å². The van der Waals surface area contributed by atoms with E-state index < -0.39 is 0 Å². The number of carbonyl (C=O) groups excluding carboxylic acids is 1. The molecular formula is C14H16N4O2. The Kier molecular flexibility index (Phi) is 3.37. The van der Waals surface area contributed by atoms with Crippen LogP contribution in [0.25, 0.3) is 0 Å². The Morgan fingerprint density at radius 2 is 2.35 bits per heavy atom. The summed E-state index contributed by atoms with van der Waals surface area (Å²) in [6.07, 6.45) is 4.26. The van der Waals surface area contributed by atoms with Crippen LogP contribution in [0.15, 0.2) is 36.7 Å². The summed E-state index contributed by atoms with van der Waals surface area (Å²) in [5.41, 5.74) is 0.941. The Balaban J connectivity index is 1.64. The minimum Gasteiger partial charge on any atom is -0.461 e. The van der Waals surface area contributed by atoms with E-state index in [1.807, 2.05) is 37.4 Å². The predicted octanol–water partition coefficient (Wildman–Crippen LogP) is 1.44. The van der Waals surface area contributed by atoms with Gasteiger partial charge in [-0.15, -0.1) is 0 Å². The van der Waals surface area contributed by atoms with E-state index in [1.54, 1.807) is 10.9 Å². The molecule has 2 aromatic heterocycles.